The minimum atomic E-state index is -4.36. The molecule has 1 heterocycles. The van der Waals surface area contributed by atoms with Gasteiger partial charge in [0.05, 0.1) is 6.54 Å². The maximum absolute atomic E-state index is 12.1. The van der Waals surface area contributed by atoms with Crippen LogP contribution in [0.3, 0.4) is 0 Å². The quantitative estimate of drug-likeness (QED) is 0.837. The van der Waals surface area contributed by atoms with Crippen LogP contribution in [0.25, 0.3) is 0 Å². The zero-order valence-electron chi connectivity index (χ0n) is 12.9. The molecule has 126 valence electrons. The van der Waals surface area contributed by atoms with Crippen LogP contribution in [0.1, 0.15) is 25.6 Å². The number of alkyl halides is 3. The summed E-state index contributed by atoms with van der Waals surface area (Å²) in [6, 6.07) is 6.26. The van der Waals surface area contributed by atoms with Crippen molar-refractivity contribution in [2.75, 3.05) is 11.9 Å². The molecule has 0 spiro atoms. The normalized spacial score (nSPS) is 11.7. The minimum Gasteiger partial charge on any atom is -0.484 e. The molecule has 0 amide bonds. The summed E-state index contributed by atoms with van der Waals surface area (Å²) in [4.78, 5) is 4.24. The van der Waals surface area contributed by atoms with Crippen LogP contribution in [0, 0.1) is 5.92 Å². The summed E-state index contributed by atoms with van der Waals surface area (Å²) < 4.78 is 46.2. The van der Waals surface area contributed by atoms with Crippen molar-refractivity contribution in [2.45, 2.75) is 33.0 Å². The molecule has 0 atom stereocenters. The van der Waals surface area contributed by atoms with Crippen molar-refractivity contribution in [2.24, 2.45) is 5.92 Å². The maximum atomic E-state index is 12.1. The van der Waals surface area contributed by atoms with Crippen LogP contribution in [0.4, 0.5) is 18.9 Å². The average molecular weight is 329 g/mol. The molecule has 0 saturated heterocycles. The molecule has 0 aliphatic rings. The molecule has 8 heteroatoms. The third kappa shape index (κ3) is 6.17. The van der Waals surface area contributed by atoms with E-state index in [0.29, 0.717) is 23.3 Å². The van der Waals surface area contributed by atoms with Gasteiger partial charge in [-0.25, -0.2) is 0 Å². The molecule has 0 aliphatic heterocycles. The molecule has 0 saturated carbocycles. The molecule has 1 aromatic carbocycles. The van der Waals surface area contributed by atoms with Gasteiger partial charge < -0.3 is 14.6 Å². The lowest BCUT2D eigenvalue weighted by atomic mass is 10.1. The Kier molecular flexibility index (Phi) is 5.46. The Morgan fingerprint density at radius 3 is 2.78 bits per heavy atom. The van der Waals surface area contributed by atoms with Gasteiger partial charge in [0.1, 0.15) is 5.75 Å². The van der Waals surface area contributed by atoms with E-state index in [1.165, 1.54) is 12.1 Å². The minimum absolute atomic E-state index is 0.137. The molecule has 0 fully saturated rings. The van der Waals surface area contributed by atoms with E-state index in [4.69, 9.17) is 9.26 Å². The lowest BCUT2D eigenvalue weighted by Crippen LogP contribution is -2.19. The highest BCUT2D eigenvalue weighted by Crippen LogP contribution is 2.21. The first-order valence-electron chi connectivity index (χ1n) is 7.17. The first-order chi connectivity index (χ1) is 10.8. The van der Waals surface area contributed by atoms with Gasteiger partial charge in [0.15, 0.2) is 12.4 Å². The van der Waals surface area contributed by atoms with Crippen molar-refractivity contribution in [1.29, 1.82) is 0 Å². The van der Waals surface area contributed by atoms with E-state index in [-0.39, 0.29) is 12.3 Å². The highest BCUT2D eigenvalue weighted by atomic mass is 19.4. The van der Waals surface area contributed by atoms with E-state index in [1.807, 2.05) is 0 Å². The lowest BCUT2D eigenvalue weighted by molar-refractivity contribution is -0.153. The van der Waals surface area contributed by atoms with Gasteiger partial charge in [0.25, 0.3) is 0 Å². The Morgan fingerprint density at radius 1 is 1.30 bits per heavy atom. The summed E-state index contributed by atoms with van der Waals surface area (Å²) in [7, 11) is 0. The second kappa shape index (κ2) is 7.34. The van der Waals surface area contributed by atoms with Crippen LogP contribution in [0.15, 0.2) is 28.8 Å². The Hall–Kier alpha value is -2.25. The number of halogens is 3. The maximum Gasteiger partial charge on any atom is 0.422 e. The van der Waals surface area contributed by atoms with E-state index >= 15 is 0 Å². The highest BCUT2D eigenvalue weighted by molar-refractivity contribution is 5.48. The van der Waals surface area contributed by atoms with Crippen molar-refractivity contribution in [3.63, 3.8) is 0 Å². The number of hydrogen-bond acceptors (Lipinski definition) is 5. The third-order valence-corrected chi connectivity index (χ3v) is 2.78. The molecule has 0 unspecified atom stereocenters. The average Bonchev–Trinajstić information content (AvgIpc) is 2.89. The van der Waals surface area contributed by atoms with Crippen LogP contribution >= 0.6 is 0 Å². The molecule has 2 aromatic rings. The summed E-state index contributed by atoms with van der Waals surface area (Å²) in [6.07, 6.45) is -3.63. The van der Waals surface area contributed by atoms with Gasteiger partial charge in [-0.05, 0) is 18.1 Å². The zero-order valence-corrected chi connectivity index (χ0v) is 12.9. The molecule has 0 aliphatic carbocycles. The smallest absolute Gasteiger partial charge is 0.422 e. The van der Waals surface area contributed by atoms with E-state index in [1.54, 1.807) is 12.1 Å². The van der Waals surface area contributed by atoms with Crippen molar-refractivity contribution >= 4 is 5.69 Å². The number of aromatic nitrogens is 2. The van der Waals surface area contributed by atoms with Crippen LogP contribution in [-0.4, -0.2) is 22.9 Å². The van der Waals surface area contributed by atoms with Crippen molar-refractivity contribution < 1.29 is 22.4 Å². The van der Waals surface area contributed by atoms with Gasteiger partial charge in [0.2, 0.25) is 5.89 Å². The van der Waals surface area contributed by atoms with E-state index < -0.39 is 12.8 Å². The molecular formula is C15H18F3N3O2. The summed E-state index contributed by atoms with van der Waals surface area (Å²) in [5.41, 5.74) is 0.605. The zero-order chi connectivity index (χ0) is 16.9. The second-order valence-corrected chi connectivity index (χ2v) is 5.49. The number of nitrogens with zero attached hydrogens (tertiary/aromatic N) is 2. The summed E-state index contributed by atoms with van der Waals surface area (Å²) in [5, 5.41) is 6.87. The molecule has 1 N–H and O–H groups in total. The fourth-order valence-corrected chi connectivity index (χ4v) is 1.85. The predicted octanol–water partition coefficient (Wildman–Crippen LogP) is 3.82. The number of anilines is 1. The number of benzene rings is 1. The third-order valence-electron chi connectivity index (χ3n) is 2.78. The van der Waals surface area contributed by atoms with Crippen molar-refractivity contribution in [3.8, 4) is 5.75 Å². The molecular weight excluding hydrogens is 311 g/mol. The second-order valence-electron chi connectivity index (χ2n) is 5.49. The number of ether oxygens (including phenoxy) is 1. The topological polar surface area (TPSA) is 60.2 Å². The fraction of sp³-hybridized carbons (Fsp3) is 0.467. The Bertz CT molecular complexity index is 626. The lowest BCUT2D eigenvalue weighted by Gasteiger charge is -2.10. The molecule has 1 aromatic heterocycles. The van der Waals surface area contributed by atoms with Crippen LogP contribution in [0.2, 0.25) is 0 Å². The SMILES string of the molecule is CC(C)Cc1noc(CNc2cccc(OCC(F)(F)F)c2)n1. The summed E-state index contributed by atoms with van der Waals surface area (Å²) >= 11 is 0. The van der Waals surface area contributed by atoms with E-state index in [0.717, 1.165) is 6.42 Å². The van der Waals surface area contributed by atoms with E-state index in [2.05, 4.69) is 29.3 Å². The highest BCUT2D eigenvalue weighted by Gasteiger charge is 2.28. The molecule has 0 bridgehead atoms. The van der Waals surface area contributed by atoms with Crippen LogP contribution < -0.4 is 10.1 Å². The van der Waals surface area contributed by atoms with Gasteiger partial charge in [-0.15, -0.1) is 0 Å². The largest absolute Gasteiger partial charge is 0.484 e. The molecule has 23 heavy (non-hydrogen) atoms. The van der Waals surface area contributed by atoms with Gasteiger partial charge in [-0.2, -0.15) is 18.2 Å². The van der Waals surface area contributed by atoms with E-state index in [9.17, 15) is 13.2 Å². The van der Waals surface area contributed by atoms with Gasteiger partial charge in [-0.1, -0.05) is 25.1 Å². The predicted molar refractivity (Wildman–Crippen MR) is 78.2 cm³/mol. The number of hydrogen-bond donors (Lipinski definition) is 1. The fourth-order valence-electron chi connectivity index (χ4n) is 1.85. The van der Waals surface area contributed by atoms with Crippen LogP contribution in [-0.2, 0) is 13.0 Å². The van der Waals surface area contributed by atoms with Crippen molar-refractivity contribution in [1.82, 2.24) is 10.1 Å². The monoisotopic (exact) mass is 329 g/mol. The Balaban J connectivity index is 1.89. The summed E-state index contributed by atoms with van der Waals surface area (Å²) in [6.45, 7) is 3.08. The van der Waals surface area contributed by atoms with Crippen LogP contribution in [0.5, 0.6) is 5.75 Å². The van der Waals surface area contributed by atoms with Gasteiger partial charge in [0, 0.05) is 18.2 Å². The Labute approximate surface area is 131 Å². The van der Waals surface area contributed by atoms with Crippen molar-refractivity contribution in [3.05, 3.63) is 36.0 Å². The number of rotatable bonds is 7. The first-order valence-corrected chi connectivity index (χ1v) is 7.17. The standard InChI is InChI=1S/C15H18F3N3O2/c1-10(2)6-13-20-14(23-21-13)8-19-11-4-3-5-12(7-11)22-9-15(16,17)18/h3-5,7,10,19H,6,8-9H2,1-2H3. The Morgan fingerprint density at radius 2 is 2.09 bits per heavy atom. The summed E-state index contributed by atoms with van der Waals surface area (Å²) in [5.74, 6) is 1.62. The number of nitrogens with one attached hydrogen (secondary N) is 1. The van der Waals surface area contributed by atoms with Gasteiger partial charge in [-0.3, -0.25) is 0 Å². The molecule has 0 radical (unpaired) electrons. The van der Waals surface area contributed by atoms with Gasteiger partial charge >= 0.3 is 6.18 Å². The molecule has 5 nitrogen and oxygen atoms in total. The first kappa shape index (κ1) is 17.1. The molecule has 2 rings (SSSR count).